The molecule has 0 spiro atoms. The molecule has 0 bridgehead atoms. The van der Waals surface area contributed by atoms with E-state index < -0.39 is 11.5 Å². The Balaban J connectivity index is 4.29. The van der Waals surface area contributed by atoms with Crippen LogP contribution in [0.4, 0.5) is 0 Å². The molecule has 3 N–H and O–H groups in total. The van der Waals surface area contributed by atoms with Gasteiger partial charge < -0.3 is 15.7 Å². The van der Waals surface area contributed by atoms with Crippen LogP contribution in [-0.4, -0.2) is 41.1 Å². The fourth-order valence-electron chi connectivity index (χ4n) is 2.27. The number of rotatable bonds is 12. The Kier molecular flexibility index (Phi) is 9.88. The van der Waals surface area contributed by atoms with Crippen molar-refractivity contribution in [3.8, 4) is 0 Å². The van der Waals surface area contributed by atoms with Gasteiger partial charge >= 0.3 is 5.97 Å². The smallest absolute Gasteiger partial charge is 0.323 e. The van der Waals surface area contributed by atoms with Gasteiger partial charge in [0, 0.05) is 0 Å². The lowest BCUT2D eigenvalue weighted by molar-refractivity contribution is -0.143. The molecule has 0 radical (unpaired) electrons. The second-order valence-electron chi connectivity index (χ2n) is 7.13. The van der Waals surface area contributed by atoms with E-state index >= 15 is 0 Å². The molecular formula is C17H36N2O2. The van der Waals surface area contributed by atoms with E-state index in [1.807, 2.05) is 6.92 Å². The Morgan fingerprint density at radius 2 is 1.57 bits per heavy atom. The number of nitrogens with zero attached hydrogens (tertiary/aromatic N) is 1. The van der Waals surface area contributed by atoms with Crippen LogP contribution in [0.2, 0.25) is 0 Å². The molecule has 0 fully saturated rings. The molecule has 0 rings (SSSR count). The van der Waals surface area contributed by atoms with E-state index in [1.54, 1.807) is 0 Å². The predicted molar refractivity (Wildman–Crippen MR) is 89.4 cm³/mol. The molecule has 0 heterocycles. The molecule has 0 saturated carbocycles. The minimum absolute atomic E-state index is 0.486. The van der Waals surface area contributed by atoms with Crippen molar-refractivity contribution in [3.63, 3.8) is 0 Å². The van der Waals surface area contributed by atoms with Crippen molar-refractivity contribution < 1.29 is 9.90 Å². The molecule has 0 aromatic carbocycles. The zero-order chi connectivity index (χ0) is 16.5. The molecule has 0 aliphatic rings. The second-order valence-corrected chi connectivity index (χ2v) is 7.13. The summed E-state index contributed by atoms with van der Waals surface area (Å²) >= 11 is 0. The summed E-state index contributed by atoms with van der Waals surface area (Å²) in [4.78, 5) is 13.7. The van der Waals surface area contributed by atoms with Gasteiger partial charge in [0.05, 0.1) is 0 Å². The molecule has 0 amide bonds. The molecule has 0 saturated heterocycles. The SMILES string of the molecule is CCC(N)(CCCN(CCC(C)C)CCC(C)C)C(=O)O. The van der Waals surface area contributed by atoms with Crippen molar-refractivity contribution in [2.45, 2.75) is 72.3 Å². The van der Waals surface area contributed by atoms with Gasteiger partial charge in [0.15, 0.2) is 0 Å². The van der Waals surface area contributed by atoms with Crippen molar-refractivity contribution in [1.29, 1.82) is 0 Å². The summed E-state index contributed by atoms with van der Waals surface area (Å²) in [6.07, 6.45) is 4.28. The first-order valence-corrected chi connectivity index (χ1v) is 8.46. The number of carboxylic acids is 1. The molecule has 0 aromatic rings. The average Bonchev–Trinajstić information content (AvgIpc) is 2.40. The summed E-state index contributed by atoms with van der Waals surface area (Å²) in [5.41, 5.74) is 4.90. The molecule has 0 aliphatic carbocycles. The topological polar surface area (TPSA) is 66.6 Å². The van der Waals surface area contributed by atoms with Gasteiger partial charge in [-0.05, 0) is 63.6 Å². The van der Waals surface area contributed by atoms with Crippen LogP contribution in [0.3, 0.4) is 0 Å². The first kappa shape index (κ1) is 20.4. The van der Waals surface area contributed by atoms with Crippen LogP contribution in [-0.2, 0) is 4.79 Å². The number of hydrogen-bond donors (Lipinski definition) is 2. The van der Waals surface area contributed by atoms with Crippen LogP contribution in [0.5, 0.6) is 0 Å². The molecule has 4 heteroatoms. The minimum atomic E-state index is -1.05. The largest absolute Gasteiger partial charge is 0.480 e. The van der Waals surface area contributed by atoms with Gasteiger partial charge in [0.1, 0.15) is 5.54 Å². The monoisotopic (exact) mass is 300 g/mol. The van der Waals surface area contributed by atoms with Gasteiger partial charge in [-0.25, -0.2) is 0 Å². The normalized spacial score (nSPS) is 14.9. The average molecular weight is 300 g/mol. The van der Waals surface area contributed by atoms with Crippen molar-refractivity contribution in [1.82, 2.24) is 4.90 Å². The third-order valence-electron chi connectivity index (χ3n) is 4.20. The van der Waals surface area contributed by atoms with E-state index in [0.29, 0.717) is 24.7 Å². The zero-order valence-corrected chi connectivity index (χ0v) is 14.7. The van der Waals surface area contributed by atoms with Gasteiger partial charge in [0.25, 0.3) is 0 Å². The zero-order valence-electron chi connectivity index (χ0n) is 14.7. The Hall–Kier alpha value is -0.610. The molecule has 1 atom stereocenters. The van der Waals surface area contributed by atoms with Crippen LogP contribution < -0.4 is 5.73 Å². The second kappa shape index (κ2) is 10.2. The number of hydrogen-bond acceptors (Lipinski definition) is 3. The van der Waals surface area contributed by atoms with Crippen LogP contribution in [0, 0.1) is 11.8 Å². The summed E-state index contributed by atoms with van der Waals surface area (Å²) in [7, 11) is 0. The Labute approximate surface area is 131 Å². The lowest BCUT2D eigenvalue weighted by Gasteiger charge is -2.27. The summed E-state index contributed by atoms with van der Waals surface area (Å²) in [6, 6.07) is 0. The van der Waals surface area contributed by atoms with Crippen molar-refractivity contribution in [2.24, 2.45) is 17.6 Å². The highest BCUT2D eigenvalue weighted by molar-refractivity contribution is 5.78. The number of aliphatic carboxylic acids is 1. The number of carbonyl (C=O) groups is 1. The van der Waals surface area contributed by atoms with Gasteiger partial charge in [0.2, 0.25) is 0 Å². The van der Waals surface area contributed by atoms with Gasteiger partial charge in [-0.15, -0.1) is 0 Å². The lowest BCUT2D eigenvalue weighted by atomic mass is 9.91. The fraction of sp³-hybridized carbons (Fsp3) is 0.941. The highest BCUT2D eigenvalue weighted by Gasteiger charge is 2.31. The third kappa shape index (κ3) is 9.10. The van der Waals surface area contributed by atoms with E-state index in [9.17, 15) is 9.90 Å². The molecule has 1 unspecified atom stereocenters. The quantitative estimate of drug-likeness (QED) is 0.580. The lowest BCUT2D eigenvalue weighted by Crippen LogP contribution is -2.47. The van der Waals surface area contributed by atoms with Crippen LogP contribution in [0.1, 0.15) is 66.7 Å². The molecule has 126 valence electrons. The highest BCUT2D eigenvalue weighted by atomic mass is 16.4. The first-order chi connectivity index (χ1) is 9.71. The number of carboxylic acid groups (broad SMARTS) is 1. The van der Waals surface area contributed by atoms with Gasteiger partial charge in [-0.3, -0.25) is 4.79 Å². The predicted octanol–water partition coefficient (Wildman–Crippen LogP) is 3.35. The summed E-state index contributed by atoms with van der Waals surface area (Å²) in [5.74, 6) is 0.533. The van der Waals surface area contributed by atoms with E-state index in [-0.39, 0.29) is 0 Å². The van der Waals surface area contributed by atoms with Crippen LogP contribution >= 0.6 is 0 Å². The summed E-state index contributed by atoms with van der Waals surface area (Å²) in [6.45, 7) is 14.0. The molecular weight excluding hydrogens is 264 g/mol. The maximum absolute atomic E-state index is 11.2. The van der Waals surface area contributed by atoms with E-state index in [2.05, 4.69) is 32.6 Å². The Bertz CT molecular complexity index is 281. The van der Waals surface area contributed by atoms with E-state index in [1.165, 1.54) is 12.8 Å². The fourth-order valence-corrected chi connectivity index (χ4v) is 2.27. The summed E-state index contributed by atoms with van der Waals surface area (Å²) < 4.78 is 0. The van der Waals surface area contributed by atoms with Crippen molar-refractivity contribution >= 4 is 5.97 Å². The van der Waals surface area contributed by atoms with Gasteiger partial charge in [-0.1, -0.05) is 34.6 Å². The summed E-state index contributed by atoms with van der Waals surface area (Å²) in [5, 5.41) is 9.21. The Morgan fingerprint density at radius 3 is 1.90 bits per heavy atom. The molecule has 0 aromatic heterocycles. The number of nitrogens with two attached hydrogens (primary N) is 1. The van der Waals surface area contributed by atoms with Crippen LogP contribution in [0.25, 0.3) is 0 Å². The maximum atomic E-state index is 11.2. The molecule has 4 nitrogen and oxygen atoms in total. The van der Waals surface area contributed by atoms with Crippen LogP contribution in [0.15, 0.2) is 0 Å². The van der Waals surface area contributed by atoms with Crippen molar-refractivity contribution in [2.75, 3.05) is 19.6 Å². The van der Waals surface area contributed by atoms with E-state index in [4.69, 9.17) is 5.73 Å². The minimum Gasteiger partial charge on any atom is -0.480 e. The Morgan fingerprint density at radius 1 is 1.10 bits per heavy atom. The van der Waals surface area contributed by atoms with E-state index in [0.717, 1.165) is 26.1 Å². The molecule has 0 aliphatic heterocycles. The first-order valence-electron chi connectivity index (χ1n) is 8.46. The standard InChI is InChI=1S/C17H36N2O2/c1-6-17(18,16(20)21)10-7-11-19(12-8-14(2)3)13-9-15(4)5/h14-15H,6-13,18H2,1-5H3,(H,20,21). The van der Waals surface area contributed by atoms with Crippen molar-refractivity contribution in [3.05, 3.63) is 0 Å². The maximum Gasteiger partial charge on any atom is 0.323 e. The van der Waals surface area contributed by atoms with Gasteiger partial charge in [-0.2, -0.15) is 0 Å². The third-order valence-corrected chi connectivity index (χ3v) is 4.20. The highest BCUT2D eigenvalue weighted by Crippen LogP contribution is 2.16. The molecule has 21 heavy (non-hydrogen) atoms.